The molecule has 3 aromatic rings. The quantitative estimate of drug-likeness (QED) is 0.748. The zero-order chi connectivity index (χ0) is 13.1. The molecule has 0 aliphatic heterocycles. The van der Waals surface area contributed by atoms with Crippen molar-refractivity contribution in [2.45, 2.75) is 13.5 Å². The first-order valence-corrected chi connectivity index (χ1v) is 5.94. The summed E-state index contributed by atoms with van der Waals surface area (Å²) in [5, 5.41) is 7.09. The van der Waals surface area contributed by atoms with Crippen LogP contribution in [0.25, 0.3) is 11.6 Å². The fourth-order valence-electron chi connectivity index (χ4n) is 1.66. The molecule has 1 aromatic carbocycles. The zero-order valence-electron chi connectivity index (χ0n) is 10.4. The largest absolute Gasteiger partial charge is 0.376 e. The number of rotatable bonds is 4. The number of anilines is 1. The van der Waals surface area contributed by atoms with Crippen molar-refractivity contribution in [2.75, 3.05) is 5.32 Å². The molecule has 2 N–H and O–H groups in total. The number of nitrogens with one attached hydrogen (secondary N) is 2. The van der Waals surface area contributed by atoms with E-state index in [0.29, 0.717) is 24.1 Å². The molecule has 0 spiro atoms. The summed E-state index contributed by atoms with van der Waals surface area (Å²) >= 11 is 0. The minimum atomic E-state index is 0.464. The van der Waals surface area contributed by atoms with Crippen LogP contribution in [0, 0.1) is 6.92 Å². The third-order valence-electron chi connectivity index (χ3n) is 2.67. The van der Waals surface area contributed by atoms with Gasteiger partial charge in [-0.2, -0.15) is 4.98 Å². The lowest BCUT2D eigenvalue weighted by Crippen LogP contribution is -1.99. The molecule has 6 heteroatoms. The molecule has 0 aliphatic carbocycles. The van der Waals surface area contributed by atoms with Crippen molar-refractivity contribution in [3.63, 3.8) is 0 Å². The van der Waals surface area contributed by atoms with Crippen LogP contribution in [0.3, 0.4) is 0 Å². The van der Waals surface area contributed by atoms with E-state index in [9.17, 15) is 0 Å². The van der Waals surface area contributed by atoms with Crippen LogP contribution in [-0.2, 0) is 6.54 Å². The smallest absolute Gasteiger partial charge is 0.246 e. The lowest BCUT2D eigenvalue weighted by molar-refractivity contribution is 0.384. The summed E-state index contributed by atoms with van der Waals surface area (Å²) < 4.78 is 5.15. The highest BCUT2D eigenvalue weighted by molar-refractivity contribution is 5.45. The molecular weight excluding hydrogens is 242 g/mol. The highest BCUT2D eigenvalue weighted by Gasteiger charge is 2.09. The Morgan fingerprint density at radius 2 is 2.11 bits per heavy atom. The van der Waals surface area contributed by atoms with E-state index in [2.05, 4.69) is 32.3 Å². The van der Waals surface area contributed by atoms with E-state index < -0.39 is 0 Å². The molecule has 0 fully saturated rings. The Bertz CT molecular complexity index is 642. The zero-order valence-corrected chi connectivity index (χ0v) is 10.4. The van der Waals surface area contributed by atoms with Crippen molar-refractivity contribution in [1.29, 1.82) is 0 Å². The van der Waals surface area contributed by atoms with Crippen LogP contribution in [0.1, 0.15) is 11.5 Å². The first-order chi connectivity index (χ1) is 9.31. The van der Waals surface area contributed by atoms with Gasteiger partial charge in [0.1, 0.15) is 0 Å². The van der Waals surface area contributed by atoms with Crippen LogP contribution in [-0.4, -0.2) is 20.1 Å². The molecule has 2 aromatic heterocycles. The first kappa shape index (κ1) is 11.5. The molecule has 0 bridgehead atoms. The van der Waals surface area contributed by atoms with Crippen LogP contribution >= 0.6 is 0 Å². The molecule has 19 heavy (non-hydrogen) atoms. The third-order valence-corrected chi connectivity index (χ3v) is 2.67. The van der Waals surface area contributed by atoms with Gasteiger partial charge in [0.15, 0.2) is 5.82 Å². The molecule has 3 rings (SSSR count). The van der Waals surface area contributed by atoms with E-state index in [1.807, 2.05) is 24.3 Å². The number of hydrogen-bond acceptors (Lipinski definition) is 5. The molecule has 0 aliphatic rings. The molecule has 6 nitrogen and oxygen atoms in total. The second-order valence-corrected chi connectivity index (χ2v) is 4.17. The van der Waals surface area contributed by atoms with Crippen molar-refractivity contribution in [1.82, 2.24) is 20.1 Å². The molecule has 2 heterocycles. The van der Waals surface area contributed by atoms with Gasteiger partial charge in [0.05, 0.1) is 6.54 Å². The number of imidazole rings is 1. The SMILES string of the molecule is Cc1ccc(NCc2nc(-c3ncc[nH]3)no2)cc1. The van der Waals surface area contributed by atoms with E-state index in [-0.39, 0.29) is 0 Å². The van der Waals surface area contributed by atoms with Crippen molar-refractivity contribution in [2.24, 2.45) is 0 Å². The van der Waals surface area contributed by atoms with Crippen LogP contribution < -0.4 is 5.32 Å². The molecular formula is C13H13N5O. The fourth-order valence-corrected chi connectivity index (χ4v) is 1.66. The number of hydrogen-bond donors (Lipinski definition) is 2. The minimum absolute atomic E-state index is 0.464. The van der Waals surface area contributed by atoms with Gasteiger partial charge in [-0.25, -0.2) is 4.98 Å². The first-order valence-electron chi connectivity index (χ1n) is 5.94. The average molecular weight is 255 g/mol. The third kappa shape index (κ3) is 2.62. The molecule has 0 atom stereocenters. The standard InChI is InChI=1S/C13H13N5O/c1-9-2-4-10(5-3-9)16-8-11-17-13(18-19-11)12-14-6-7-15-12/h2-7,16H,8H2,1H3,(H,14,15). The van der Waals surface area contributed by atoms with E-state index in [4.69, 9.17) is 4.52 Å². The van der Waals surface area contributed by atoms with Crippen LogP contribution in [0.5, 0.6) is 0 Å². The summed E-state index contributed by atoms with van der Waals surface area (Å²) in [6.07, 6.45) is 3.37. The van der Waals surface area contributed by atoms with E-state index >= 15 is 0 Å². The number of H-pyrrole nitrogens is 1. The van der Waals surface area contributed by atoms with Gasteiger partial charge in [-0.15, -0.1) is 0 Å². The number of benzene rings is 1. The molecule has 0 saturated carbocycles. The van der Waals surface area contributed by atoms with Gasteiger partial charge in [0.25, 0.3) is 0 Å². The summed E-state index contributed by atoms with van der Waals surface area (Å²) in [6, 6.07) is 8.12. The molecule has 0 unspecified atom stereocenters. The minimum Gasteiger partial charge on any atom is -0.376 e. The molecule has 0 amide bonds. The Labute approximate surface area is 109 Å². The van der Waals surface area contributed by atoms with E-state index in [1.54, 1.807) is 12.4 Å². The average Bonchev–Trinajstić information content (AvgIpc) is 3.09. The Morgan fingerprint density at radius 3 is 2.84 bits per heavy atom. The summed E-state index contributed by atoms with van der Waals surface area (Å²) in [5.41, 5.74) is 2.24. The van der Waals surface area contributed by atoms with Crippen molar-refractivity contribution < 1.29 is 4.52 Å². The second-order valence-electron chi connectivity index (χ2n) is 4.17. The number of aromatic nitrogens is 4. The maximum Gasteiger partial charge on any atom is 0.246 e. The van der Waals surface area contributed by atoms with Gasteiger partial charge in [0.2, 0.25) is 11.7 Å². The molecule has 0 saturated heterocycles. The van der Waals surface area contributed by atoms with Crippen molar-refractivity contribution in [3.8, 4) is 11.6 Å². The Balaban J connectivity index is 1.66. The summed E-state index contributed by atoms with van der Waals surface area (Å²) in [7, 11) is 0. The number of aryl methyl sites for hydroxylation is 1. The Kier molecular flexibility index (Phi) is 2.97. The maximum atomic E-state index is 5.15. The Morgan fingerprint density at radius 1 is 1.26 bits per heavy atom. The molecule has 96 valence electrons. The lowest BCUT2D eigenvalue weighted by atomic mass is 10.2. The van der Waals surface area contributed by atoms with Gasteiger partial charge in [-0.3, -0.25) is 0 Å². The summed E-state index contributed by atoms with van der Waals surface area (Å²) in [4.78, 5) is 11.2. The monoisotopic (exact) mass is 255 g/mol. The summed E-state index contributed by atoms with van der Waals surface area (Å²) in [6.45, 7) is 2.54. The number of aromatic amines is 1. The van der Waals surface area contributed by atoms with Crippen LogP contribution in [0.15, 0.2) is 41.2 Å². The highest BCUT2D eigenvalue weighted by atomic mass is 16.5. The fraction of sp³-hybridized carbons (Fsp3) is 0.154. The normalized spacial score (nSPS) is 10.6. The van der Waals surface area contributed by atoms with Crippen molar-refractivity contribution >= 4 is 5.69 Å². The van der Waals surface area contributed by atoms with Gasteiger partial charge in [0, 0.05) is 18.1 Å². The lowest BCUT2D eigenvalue weighted by Gasteiger charge is -2.02. The van der Waals surface area contributed by atoms with Crippen molar-refractivity contribution in [3.05, 3.63) is 48.1 Å². The van der Waals surface area contributed by atoms with Gasteiger partial charge >= 0.3 is 0 Å². The van der Waals surface area contributed by atoms with Gasteiger partial charge < -0.3 is 14.8 Å². The van der Waals surface area contributed by atoms with Crippen LogP contribution in [0.2, 0.25) is 0 Å². The molecule has 0 radical (unpaired) electrons. The summed E-state index contributed by atoms with van der Waals surface area (Å²) in [5.74, 6) is 1.59. The predicted molar refractivity (Wildman–Crippen MR) is 70.4 cm³/mol. The van der Waals surface area contributed by atoms with E-state index in [0.717, 1.165) is 5.69 Å². The van der Waals surface area contributed by atoms with Gasteiger partial charge in [-0.05, 0) is 19.1 Å². The maximum absolute atomic E-state index is 5.15. The second kappa shape index (κ2) is 4.93. The highest BCUT2D eigenvalue weighted by Crippen LogP contribution is 2.12. The number of nitrogens with zero attached hydrogens (tertiary/aromatic N) is 3. The van der Waals surface area contributed by atoms with E-state index in [1.165, 1.54) is 5.56 Å². The van der Waals surface area contributed by atoms with Crippen LogP contribution in [0.4, 0.5) is 5.69 Å². The Hall–Kier alpha value is -2.63. The predicted octanol–water partition coefficient (Wildman–Crippen LogP) is 2.38. The van der Waals surface area contributed by atoms with Gasteiger partial charge in [-0.1, -0.05) is 22.9 Å². The topological polar surface area (TPSA) is 79.6 Å².